The second-order valence-electron chi connectivity index (χ2n) is 5.41. The van der Waals surface area contributed by atoms with Gasteiger partial charge in [-0.15, -0.1) is 0 Å². The van der Waals surface area contributed by atoms with Gasteiger partial charge in [0.2, 0.25) is 5.89 Å². The predicted octanol–water partition coefficient (Wildman–Crippen LogP) is 3.34. The van der Waals surface area contributed by atoms with Gasteiger partial charge >= 0.3 is 0 Å². The van der Waals surface area contributed by atoms with Gasteiger partial charge in [0.25, 0.3) is 5.91 Å². The maximum Gasteiger partial charge on any atom is 0.252 e. The van der Waals surface area contributed by atoms with Crippen LogP contribution in [0.15, 0.2) is 53.1 Å². The molecule has 0 aliphatic heterocycles. The second kappa shape index (κ2) is 6.62. The van der Waals surface area contributed by atoms with Gasteiger partial charge in [0, 0.05) is 18.1 Å². The van der Waals surface area contributed by atoms with Crippen LogP contribution >= 0.6 is 0 Å². The Kier molecular flexibility index (Phi) is 4.37. The van der Waals surface area contributed by atoms with Gasteiger partial charge in [-0.2, -0.15) is 4.98 Å². The van der Waals surface area contributed by atoms with E-state index in [1.807, 2.05) is 19.1 Å². The summed E-state index contributed by atoms with van der Waals surface area (Å²) in [5, 5.41) is 6.63. The molecule has 122 valence electrons. The maximum atomic E-state index is 14.2. The highest BCUT2D eigenvalue weighted by atomic mass is 19.1. The molecular weight excluding hydrogens is 309 g/mol. The minimum Gasteiger partial charge on any atom is -0.340 e. The number of nitrogens with one attached hydrogen (secondary N) is 1. The fourth-order valence-electron chi connectivity index (χ4n) is 2.46. The smallest absolute Gasteiger partial charge is 0.252 e. The highest BCUT2D eigenvalue weighted by molar-refractivity contribution is 5.96. The predicted molar refractivity (Wildman–Crippen MR) is 85.9 cm³/mol. The van der Waals surface area contributed by atoms with Crippen LogP contribution in [0.4, 0.5) is 4.39 Å². The molecule has 0 aliphatic rings. The first-order chi connectivity index (χ1) is 11.6. The minimum atomic E-state index is -0.837. The maximum absolute atomic E-state index is 14.2. The zero-order valence-electron chi connectivity index (χ0n) is 13.3. The van der Waals surface area contributed by atoms with E-state index in [2.05, 4.69) is 15.5 Å². The van der Waals surface area contributed by atoms with E-state index in [0.29, 0.717) is 11.5 Å². The Balaban J connectivity index is 1.98. The Labute approximate surface area is 138 Å². The summed E-state index contributed by atoms with van der Waals surface area (Å²) in [5.41, 5.74) is 1.62. The lowest BCUT2D eigenvalue weighted by Crippen LogP contribution is -2.31. The number of hydrogen-bond acceptors (Lipinski definition) is 4. The highest BCUT2D eigenvalue weighted by Crippen LogP contribution is 2.23. The molecule has 2 aromatic carbocycles. The summed E-state index contributed by atoms with van der Waals surface area (Å²) in [5.74, 6) is -0.227. The van der Waals surface area contributed by atoms with Gasteiger partial charge in [0.1, 0.15) is 11.9 Å². The first kappa shape index (κ1) is 15.9. The lowest BCUT2D eigenvalue weighted by molar-refractivity contribution is 0.0940. The lowest BCUT2D eigenvalue weighted by atomic mass is 10.0. The molecule has 24 heavy (non-hydrogen) atoms. The fourth-order valence-corrected chi connectivity index (χ4v) is 2.46. The van der Waals surface area contributed by atoms with Crippen LogP contribution in [0.5, 0.6) is 0 Å². The van der Waals surface area contributed by atoms with E-state index in [1.165, 1.54) is 6.07 Å². The highest BCUT2D eigenvalue weighted by Gasteiger charge is 2.25. The van der Waals surface area contributed by atoms with Crippen molar-refractivity contribution in [3.05, 3.63) is 82.8 Å². The summed E-state index contributed by atoms with van der Waals surface area (Å²) >= 11 is 0. The van der Waals surface area contributed by atoms with Crippen LogP contribution in [0, 0.1) is 19.7 Å². The van der Waals surface area contributed by atoms with E-state index in [0.717, 1.165) is 5.56 Å². The quantitative estimate of drug-likeness (QED) is 0.799. The molecule has 1 heterocycles. The second-order valence-corrected chi connectivity index (χ2v) is 5.41. The molecule has 0 fully saturated rings. The van der Waals surface area contributed by atoms with Gasteiger partial charge in [-0.3, -0.25) is 4.79 Å². The molecule has 1 aromatic heterocycles. The number of benzene rings is 2. The molecular formula is C18H16FN3O2. The molecule has 1 unspecified atom stereocenters. The van der Waals surface area contributed by atoms with Gasteiger partial charge in [0.05, 0.1) is 0 Å². The first-order valence-electron chi connectivity index (χ1n) is 7.47. The third-order valence-corrected chi connectivity index (χ3v) is 3.68. The van der Waals surface area contributed by atoms with Crippen LogP contribution in [0.2, 0.25) is 0 Å². The van der Waals surface area contributed by atoms with Crippen LogP contribution in [-0.4, -0.2) is 16.0 Å². The molecule has 1 N–H and O–H groups in total. The van der Waals surface area contributed by atoms with Crippen molar-refractivity contribution in [3.63, 3.8) is 0 Å². The average molecular weight is 325 g/mol. The molecule has 0 aliphatic carbocycles. The number of carbonyl (C=O) groups excluding carboxylic acids is 1. The summed E-state index contributed by atoms with van der Waals surface area (Å²) in [6.45, 7) is 3.48. The van der Waals surface area contributed by atoms with Gasteiger partial charge < -0.3 is 9.84 Å². The number of nitrogens with zero attached hydrogens (tertiary/aromatic N) is 2. The third-order valence-electron chi connectivity index (χ3n) is 3.68. The number of hydrogen-bond donors (Lipinski definition) is 1. The molecule has 6 heteroatoms. The number of rotatable bonds is 4. The van der Waals surface area contributed by atoms with Crippen molar-refractivity contribution in [1.82, 2.24) is 15.5 Å². The van der Waals surface area contributed by atoms with E-state index in [4.69, 9.17) is 4.52 Å². The Morgan fingerprint density at radius 2 is 1.83 bits per heavy atom. The molecule has 0 saturated heterocycles. The summed E-state index contributed by atoms with van der Waals surface area (Å²) in [6.07, 6.45) is 0. The van der Waals surface area contributed by atoms with Crippen molar-refractivity contribution >= 4 is 5.91 Å². The van der Waals surface area contributed by atoms with Crippen molar-refractivity contribution < 1.29 is 13.7 Å². The Morgan fingerprint density at radius 3 is 2.50 bits per heavy atom. The van der Waals surface area contributed by atoms with Crippen molar-refractivity contribution in [2.24, 2.45) is 0 Å². The molecule has 3 aromatic rings. The third kappa shape index (κ3) is 3.17. The van der Waals surface area contributed by atoms with E-state index in [1.54, 1.807) is 37.3 Å². The number of amides is 1. The van der Waals surface area contributed by atoms with Crippen LogP contribution in [-0.2, 0) is 0 Å². The molecule has 1 atom stereocenters. The van der Waals surface area contributed by atoms with E-state index in [-0.39, 0.29) is 17.3 Å². The molecule has 0 spiro atoms. The minimum absolute atomic E-state index is 0.208. The molecule has 3 rings (SSSR count). The zero-order valence-corrected chi connectivity index (χ0v) is 13.3. The Morgan fingerprint density at radius 1 is 1.12 bits per heavy atom. The van der Waals surface area contributed by atoms with Crippen molar-refractivity contribution in [3.8, 4) is 0 Å². The monoisotopic (exact) mass is 325 g/mol. The molecule has 1 amide bonds. The average Bonchev–Trinajstić information content (AvgIpc) is 3.00. The lowest BCUT2D eigenvalue weighted by Gasteiger charge is -2.17. The summed E-state index contributed by atoms with van der Waals surface area (Å²) in [4.78, 5) is 16.8. The van der Waals surface area contributed by atoms with Crippen LogP contribution in [0.25, 0.3) is 0 Å². The summed E-state index contributed by atoms with van der Waals surface area (Å²) < 4.78 is 19.2. The number of aromatic nitrogens is 2. The fraction of sp³-hybridized carbons (Fsp3) is 0.167. The first-order valence-corrected chi connectivity index (χ1v) is 7.47. The van der Waals surface area contributed by atoms with Crippen molar-refractivity contribution in [2.75, 3.05) is 0 Å². The molecule has 5 nitrogen and oxygen atoms in total. The summed E-state index contributed by atoms with van der Waals surface area (Å²) in [6, 6.07) is 12.5. The molecule has 0 saturated carbocycles. The summed E-state index contributed by atoms with van der Waals surface area (Å²) in [7, 11) is 0. The Bertz CT molecular complexity index is 876. The van der Waals surface area contributed by atoms with Gasteiger partial charge in [-0.25, -0.2) is 4.39 Å². The van der Waals surface area contributed by atoms with Gasteiger partial charge in [0.15, 0.2) is 5.82 Å². The number of halogens is 1. The van der Waals surface area contributed by atoms with E-state index >= 15 is 0 Å². The van der Waals surface area contributed by atoms with Crippen LogP contribution in [0.1, 0.15) is 39.2 Å². The molecule has 0 radical (unpaired) electrons. The van der Waals surface area contributed by atoms with Crippen LogP contribution in [0.3, 0.4) is 0 Å². The van der Waals surface area contributed by atoms with E-state index < -0.39 is 11.9 Å². The normalized spacial score (nSPS) is 12.0. The van der Waals surface area contributed by atoms with Crippen molar-refractivity contribution in [1.29, 1.82) is 0 Å². The van der Waals surface area contributed by atoms with E-state index in [9.17, 15) is 9.18 Å². The van der Waals surface area contributed by atoms with Gasteiger partial charge in [-0.05, 0) is 24.6 Å². The number of aryl methyl sites for hydroxylation is 2. The standard InChI is InChI=1S/C18H16FN3O2/c1-11-7-3-4-8-13(11)18(23)21-16(17-20-12(2)24-22-17)14-9-5-6-10-15(14)19/h3-10,16H,1-2H3,(H,21,23). The number of carbonyl (C=O) groups is 1. The SMILES string of the molecule is Cc1nc(C(NC(=O)c2ccccc2C)c2ccccc2F)no1. The zero-order chi connectivity index (χ0) is 17.1. The van der Waals surface area contributed by atoms with Crippen molar-refractivity contribution in [2.45, 2.75) is 19.9 Å². The topological polar surface area (TPSA) is 68.0 Å². The Hall–Kier alpha value is -3.02. The molecule has 0 bridgehead atoms. The largest absolute Gasteiger partial charge is 0.340 e. The van der Waals surface area contributed by atoms with Gasteiger partial charge in [-0.1, -0.05) is 41.6 Å². The van der Waals surface area contributed by atoms with Crippen LogP contribution < -0.4 is 5.32 Å².